The van der Waals surface area contributed by atoms with E-state index in [0.29, 0.717) is 13.1 Å². The Kier molecular flexibility index (Phi) is 5.32. The molecule has 2 aromatic rings. The number of hydrogen-bond acceptors (Lipinski definition) is 3. The standard InChI is InChI=1S/C16H20N2OS/c1-13-7-8-15(20-13)12-18(16(19)11-17)10-9-14-5-3-2-4-6-14/h2-8H,9-12,17H2,1H3. The highest BCUT2D eigenvalue weighted by atomic mass is 32.1. The Hall–Kier alpha value is -1.65. The lowest BCUT2D eigenvalue weighted by atomic mass is 10.1. The van der Waals surface area contributed by atoms with Crippen molar-refractivity contribution in [2.75, 3.05) is 13.1 Å². The lowest BCUT2D eigenvalue weighted by molar-refractivity contribution is -0.130. The Morgan fingerprint density at radius 1 is 1.20 bits per heavy atom. The molecule has 106 valence electrons. The average Bonchev–Trinajstić information content (AvgIpc) is 2.89. The van der Waals surface area contributed by atoms with Gasteiger partial charge in [0, 0.05) is 16.3 Å². The summed E-state index contributed by atoms with van der Waals surface area (Å²) in [4.78, 5) is 16.3. The van der Waals surface area contributed by atoms with E-state index < -0.39 is 0 Å². The van der Waals surface area contributed by atoms with E-state index in [1.165, 1.54) is 15.3 Å². The van der Waals surface area contributed by atoms with Crippen LogP contribution in [-0.2, 0) is 17.8 Å². The number of rotatable bonds is 6. The quantitative estimate of drug-likeness (QED) is 0.888. The van der Waals surface area contributed by atoms with Gasteiger partial charge in [0.1, 0.15) is 0 Å². The van der Waals surface area contributed by atoms with Crippen LogP contribution in [0, 0.1) is 6.92 Å². The van der Waals surface area contributed by atoms with E-state index in [-0.39, 0.29) is 12.5 Å². The predicted molar refractivity (Wildman–Crippen MR) is 83.7 cm³/mol. The maximum atomic E-state index is 11.9. The summed E-state index contributed by atoms with van der Waals surface area (Å²) in [5, 5.41) is 0. The van der Waals surface area contributed by atoms with Gasteiger partial charge >= 0.3 is 0 Å². The minimum absolute atomic E-state index is 0.00647. The molecular weight excluding hydrogens is 268 g/mol. The van der Waals surface area contributed by atoms with Crippen LogP contribution < -0.4 is 5.73 Å². The van der Waals surface area contributed by atoms with Gasteiger partial charge in [0.05, 0.1) is 13.1 Å². The first-order chi connectivity index (χ1) is 9.69. The van der Waals surface area contributed by atoms with Crippen molar-refractivity contribution in [3.8, 4) is 0 Å². The smallest absolute Gasteiger partial charge is 0.236 e. The molecule has 0 radical (unpaired) electrons. The first-order valence-corrected chi connectivity index (χ1v) is 7.58. The van der Waals surface area contributed by atoms with E-state index in [9.17, 15) is 4.79 Å². The van der Waals surface area contributed by atoms with Crippen molar-refractivity contribution < 1.29 is 4.79 Å². The Morgan fingerprint density at radius 2 is 1.95 bits per heavy atom. The molecule has 1 aromatic carbocycles. The van der Waals surface area contributed by atoms with Crippen LogP contribution >= 0.6 is 11.3 Å². The molecule has 0 atom stereocenters. The Labute approximate surface area is 124 Å². The summed E-state index contributed by atoms with van der Waals surface area (Å²) in [6.07, 6.45) is 0.858. The molecule has 1 aromatic heterocycles. The molecule has 0 saturated heterocycles. The summed E-state index contributed by atoms with van der Waals surface area (Å²) in [5.41, 5.74) is 6.75. The lowest BCUT2D eigenvalue weighted by Crippen LogP contribution is -2.36. The number of nitrogens with zero attached hydrogens (tertiary/aromatic N) is 1. The number of carbonyl (C=O) groups is 1. The van der Waals surface area contributed by atoms with E-state index in [2.05, 4.69) is 31.2 Å². The van der Waals surface area contributed by atoms with Gasteiger partial charge in [0.2, 0.25) is 5.91 Å². The number of amides is 1. The molecule has 0 bridgehead atoms. The third-order valence-electron chi connectivity index (χ3n) is 3.18. The van der Waals surface area contributed by atoms with E-state index in [1.807, 2.05) is 23.1 Å². The van der Waals surface area contributed by atoms with Crippen LogP contribution in [0.4, 0.5) is 0 Å². The van der Waals surface area contributed by atoms with Crippen LogP contribution in [0.1, 0.15) is 15.3 Å². The summed E-state index contributed by atoms with van der Waals surface area (Å²) in [6.45, 7) is 3.50. The van der Waals surface area contributed by atoms with E-state index in [0.717, 1.165) is 6.42 Å². The van der Waals surface area contributed by atoms with Gasteiger partial charge in [0.15, 0.2) is 0 Å². The molecule has 1 heterocycles. The Bertz CT molecular complexity index is 551. The monoisotopic (exact) mass is 288 g/mol. The van der Waals surface area contributed by atoms with E-state index >= 15 is 0 Å². The van der Waals surface area contributed by atoms with Gasteiger partial charge in [0.25, 0.3) is 0 Å². The second-order valence-corrected chi connectivity index (χ2v) is 6.14. The third-order valence-corrected chi connectivity index (χ3v) is 4.17. The molecule has 20 heavy (non-hydrogen) atoms. The molecule has 0 fully saturated rings. The molecule has 2 rings (SSSR count). The minimum Gasteiger partial charge on any atom is -0.336 e. The zero-order chi connectivity index (χ0) is 14.4. The molecule has 3 nitrogen and oxygen atoms in total. The van der Waals surface area contributed by atoms with Crippen LogP contribution in [0.3, 0.4) is 0 Å². The van der Waals surface area contributed by atoms with Gasteiger partial charge in [-0.2, -0.15) is 0 Å². The van der Waals surface area contributed by atoms with Crippen molar-refractivity contribution in [2.45, 2.75) is 19.9 Å². The number of thiophene rings is 1. The second-order valence-electron chi connectivity index (χ2n) is 4.77. The van der Waals surface area contributed by atoms with Gasteiger partial charge < -0.3 is 10.6 Å². The zero-order valence-electron chi connectivity index (χ0n) is 11.7. The second kappa shape index (κ2) is 7.22. The van der Waals surface area contributed by atoms with Crippen LogP contribution in [0.5, 0.6) is 0 Å². The topological polar surface area (TPSA) is 46.3 Å². The van der Waals surface area contributed by atoms with Gasteiger partial charge in [-0.25, -0.2) is 0 Å². The Morgan fingerprint density at radius 3 is 2.55 bits per heavy atom. The fourth-order valence-corrected chi connectivity index (χ4v) is 2.99. The highest BCUT2D eigenvalue weighted by Gasteiger charge is 2.13. The minimum atomic E-state index is 0.00647. The third kappa shape index (κ3) is 4.18. The molecule has 0 aliphatic rings. The zero-order valence-corrected chi connectivity index (χ0v) is 12.5. The molecule has 1 amide bonds. The summed E-state index contributed by atoms with van der Waals surface area (Å²) >= 11 is 1.73. The SMILES string of the molecule is Cc1ccc(CN(CCc2ccccc2)C(=O)CN)s1. The van der Waals surface area contributed by atoms with Crippen LogP contribution in [-0.4, -0.2) is 23.9 Å². The molecule has 0 unspecified atom stereocenters. The van der Waals surface area contributed by atoms with Gasteiger partial charge in [-0.3, -0.25) is 4.79 Å². The number of carbonyl (C=O) groups excluding carboxylic acids is 1. The maximum Gasteiger partial charge on any atom is 0.236 e. The van der Waals surface area contributed by atoms with Crippen molar-refractivity contribution in [1.82, 2.24) is 4.90 Å². The van der Waals surface area contributed by atoms with Gasteiger partial charge in [-0.05, 0) is 31.0 Å². The highest BCUT2D eigenvalue weighted by molar-refractivity contribution is 7.11. The number of hydrogen-bond donors (Lipinski definition) is 1. The van der Waals surface area contributed by atoms with Crippen molar-refractivity contribution in [2.24, 2.45) is 5.73 Å². The van der Waals surface area contributed by atoms with E-state index in [4.69, 9.17) is 5.73 Å². The largest absolute Gasteiger partial charge is 0.336 e. The highest BCUT2D eigenvalue weighted by Crippen LogP contribution is 2.17. The maximum absolute atomic E-state index is 11.9. The summed E-state index contributed by atoms with van der Waals surface area (Å²) < 4.78 is 0. The number of nitrogens with two attached hydrogens (primary N) is 1. The fraction of sp³-hybridized carbons (Fsp3) is 0.312. The number of aryl methyl sites for hydroxylation is 1. The normalized spacial score (nSPS) is 10.5. The van der Waals surface area contributed by atoms with Gasteiger partial charge in [-0.15, -0.1) is 11.3 Å². The summed E-state index contributed by atoms with van der Waals surface area (Å²) in [6, 6.07) is 14.4. The summed E-state index contributed by atoms with van der Waals surface area (Å²) in [7, 11) is 0. The lowest BCUT2D eigenvalue weighted by Gasteiger charge is -2.21. The molecule has 0 saturated carbocycles. The fourth-order valence-electron chi connectivity index (χ4n) is 2.09. The predicted octanol–water partition coefficient (Wildman–Crippen LogP) is 2.59. The first kappa shape index (κ1) is 14.8. The van der Waals surface area contributed by atoms with Crippen LogP contribution in [0.2, 0.25) is 0 Å². The van der Waals surface area contributed by atoms with E-state index in [1.54, 1.807) is 11.3 Å². The van der Waals surface area contributed by atoms with Crippen molar-refractivity contribution >= 4 is 17.2 Å². The van der Waals surface area contributed by atoms with Crippen LogP contribution in [0.15, 0.2) is 42.5 Å². The molecule has 0 spiro atoms. The van der Waals surface area contributed by atoms with Crippen molar-refractivity contribution in [3.63, 3.8) is 0 Å². The van der Waals surface area contributed by atoms with Crippen molar-refractivity contribution in [1.29, 1.82) is 0 Å². The van der Waals surface area contributed by atoms with Crippen LogP contribution in [0.25, 0.3) is 0 Å². The molecule has 2 N–H and O–H groups in total. The molecule has 0 aliphatic carbocycles. The molecular formula is C16H20N2OS. The summed E-state index contributed by atoms with van der Waals surface area (Å²) in [5.74, 6) is 0.00647. The van der Waals surface area contributed by atoms with Gasteiger partial charge in [-0.1, -0.05) is 30.3 Å². The molecule has 4 heteroatoms. The van der Waals surface area contributed by atoms with Crippen molar-refractivity contribution in [3.05, 3.63) is 57.8 Å². The average molecular weight is 288 g/mol. The number of benzene rings is 1. The Balaban J connectivity index is 1.98. The molecule has 0 aliphatic heterocycles. The first-order valence-electron chi connectivity index (χ1n) is 6.76.